The first-order valence-corrected chi connectivity index (χ1v) is 7.10. The number of hydrogen-bond acceptors (Lipinski definition) is 3. The highest BCUT2D eigenvalue weighted by Crippen LogP contribution is 2.20. The molecule has 4 nitrogen and oxygen atoms in total. The van der Waals surface area contributed by atoms with Gasteiger partial charge in [0.2, 0.25) is 0 Å². The van der Waals surface area contributed by atoms with Crippen molar-refractivity contribution in [2.45, 2.75) is 19.4 Å². The van der Waals surface area contributed by atoms with E-state index in [0.717, 1.165) is 23.3 Å². The van der Waals surface area contributed by atoms with Gasteiger partial charge in [-0.25, -0.2) is 0 Å². The molecular formula is C13H13ClN2O2S. The van der Waals surface area contributed by atoms with Gasteiger partial charge in [-0.05, 0) is 24.1 Å². The molecule has 100 valence electrons. The number of carbonyl (C=O) groups is 1. The predicted octanol–water partition coefficient (Wildman–Crippen LogP) is 2.97. The molecule has 0 unspecified atom stereocenters. The molecule has 1 aromatic heterocycles. The Bertz CT molecular complexity index is 635. The molecular weight excluding hydrogens is 284 g/mol. The van der Waals surface area contributed by atoms with Gasteiger partial charge >= 0.3 is 4.87 Å². The van der Waals surface area contributed by atoms with Crippen LogP contribution in [0, 0.1) is 0 Å². The first-order chi connectivity index (χ1) is 9.10. The van der Waals surface area contributed by atoms with Crippen molar-refractivity contribution in [3.63, 3.8) is 0 Å². The summed E-state index contributed by atoms with van der Waals surface area (Å²) < 4.78 is 0. The summed E-state index contributed by atoms with van der Waals surface area (Å²) in [4.78, 5) is 25.3. The number of amides is 1. The topological polar surface area (TPSA) is 62.0 Å². The summed E-state index contributed by atoms with van der Waals surface area (Å²) in [6, 6.07) is 7.24. The van der Waals surface area contributed by atoms with Gasteiger partial charge in [0.25, 0.3) is 5.91 Å². The third kappa shape index (κ3) is 3.45. The van der Waals surface area contributed by atoms with Crippen LogP contribution in [0.5, 0.6) is 0 Å². The van der Waals surface area contributed by atoms with Crippen LogP contribution in [0.25, 0.3) is 0 Å². The van der Waals surface area contributed by atoms with Gasteiger partial charge in [-0.3, -0.25) is 9.59 Å². The lowest BCUT2D eigenvalue weighted by Gasteiger charge is -2.17. The number of aromatic amines is 1. The predicted molar refractivity (Wildman–Crippen MR) is 76.9 cm³/mol. The zero-order chi connectivity index (χ0) is 13.8. The summed E-state index contributed by atoms with van der Waals surface area (Å²) in [6.45, 7) is 1.97. The van der Waals surface area contributed by atoms with Gasteiger partial charge in [-0.1, -0.05) is 42.0 Å². The Balaban J connectivity index is 2.15. The highest BCUT2D eigenvalue weighted by molar-refractivity contribution is 7.07. The fourth-order valence-electron chi connectivity index (χ4n) is 1.77. The number of H-pyrrole nitrogens is 1. The largest absolute Gasteiger partial charge is 0.344 e. The number of aromatic nitrogens is 1. The van der Waals surface area contributed by atoms with Crippen molar-refractivity contribution in [2.75, 3.05) is 0 Å². The molecule has 1 heterocycles. The van der Waals surface area contributed by atoms with Crippen molar-refractivity contribution in [3.8, 4) is 0 Å². The molecule has 2 rings (SSSR count). The van der Waals surface area contributed by atoms with Gasteiger partial charge in [0, 0.05) is 10.4 Å². The van der Waals surface area contributed by atoms with Crippen molar-refractivity contribution in [1.29, 1.82) is 0 Å². The van der Waals surface area contributed by atoms with Gasteiger partial charge in [0.05, 0.1) is 6.04 Å². The highest BCUT2D eigenvalue weighted by Gasteiger charge is 2.15. The smallest absolute Gasteiger partial charge is 0.305 e. The van der Waals surface area contributed by atoms with Crippen LogP contribution in [0.3, 0.4) is 0 Å². The minimum Gasteiger partial charge on any atom is -0.344 e. The quantitative estimate of drug-likeness (QED) is 0.911. The van der Waals surface area contributed by atoms with Crippen LogP contribution in [0.1, 0.15) is 35.4 Å². The Morgan fingerprint density at radius 1 is 1.53 bits per heavy atom. The van der Waals surface area contributed by atoms with Crippen molar-refractivity contribution < 1.29 is 4.79 Å². The molecule has 2 aromatic rings. The van der Waals surface area contributed by atoms with Gasteiger partial charge in [-0.15, -0.1) is 0 Å². The summed E-state index contributed by atoms with van der Waals surface area (Å²) in [5.41, 5.74) is 1.23. The molecule has 1 aromatic carbocycles. The lowest BCUT2D eigenvalue weighted by molar-refractivity contribution is 0.0931. The summed E-state index contributed by atoms with van der Waals surface area (Å²) in [7, 11) is 0. The van der Waals surface area contributed by atoms with Crippen LogP contribution in [0.15, 0.2) is 34.4 Å². The number of nitrogens with one attached hydrogen (secondary N) is 2. The summed E-state index contributed by atoms with van der Waals surface area (Å²) in [5.74, 6) is -0.287. The minimum absolute atomic E-state index is 0.130. The van der Waals surface area contributed by atoms with Gasteiger partial charge in [0.1, 0.15) is 5.69 Å². The van der Waals surface area contributed by atoms with E-state index in [-0.39, 0.29) is 22.5 Å². The molecule has 0 radical (unpaired) electrons. The molecule has 0 saturated heterocycles. The monoisotopic (exact) mass is 296 g/mol. The number of rotatable bonds is 4. The molecule has 2 N–H and O–H groups in total. The average molecular weight is 297 g/mol. The number of carbonyl (C=O) groups excluding carboxylic acids is 1. The molecule has 6 heteroatoms. The van der Waals surface area contributed by atoms with Crippen LogP contribution in [0.4, 0.5) is 0 Å². The lowest BCUT2D eigenvalue weighted by atomic mass is 10.0. The molecule has 0 saturated carbocycles. The molecule has 1 atom stereocenters. The van der Waals surface area contributed by atoms with Gasteiger partial charge < -0.3 is 10.3 Å². The summed E-state index contributed by atoms with van der Waals surface area (Å²) in [5, 5.41) is 5.03. The van der Waals surface area contributed by atoms with E-state index in [4.69, 9.17) is 11.6 Å². The third-order valence-corrected chi connectivity index (χ3v) is 3.63. The van der Waals surface area contributed by atoms with Crippen LogP contribution in [-0.2, 0) is 0 Å². The molecule has 0 aliphatic carbocycles. The standard InChI is InChI=1S/C13H13ClN2O2S/c1-2-10(8-4-3-5-9(14)6-8)15-12(17)11-7-19-13(18)16-11/h3-7,10H,2H2,1H3,(H,15,17)(H,16,18)/t10-/m1/s1. The number of thiazole rings is 1. The van der Waals surface area contributed by atoms with E-state index in [1.807, 2.05) is 25.1 Å². The van der Waals surface area contributed by atoms with E-state index in [9.17, 15) is 9.59 Å². The van der Waals surface area contributed by atoms with Gasteiger partial charge in [0.15, 0.2) is 0 Å². The molecule has 0 aliphatic heterocycles. The fraction of sp³-hybridized carbons (Fsp3) is 0.231. The summed E-state index contributed by atoms with van der Waals surface area (Å²) in [6.07, 6.45) is 0.737. The van der Waals surface area contributed by atoms with E-state index in [1.165, 1.54) is 5.38 Å². The van der Waals surface area contributed by atoms with Crippen LogP contribution in [-0.4, -0.2) is 10.9 Å². The van der Waals surface area contributed by atoms with E-state index in [1.54, 1.807) is 6.07 Å². The zero-order valence-corrected chi connectivity index (χ0v) is 11.8. The van der Waals surface area contributed by atoms with E-state index in [2.05, 4.69) is 10.3 Å². The maximum Gasteiger partial charge on any atom is 0.305 e. The lowest BCUT2D eigenvalue weighted by Crippen LogP contribution is -2.28. The second-order valence-corrected chi connectivity index (χ2v) is 5.33. The van der Waals surface area contributed by atoms with Crippen molar-refractivity contribution in [1.82, 2.24) is 10.3 Å². The fourth-order valence-corrected chi connectivity index (χ4v) is 2.53. The van der Waals surface area contributed by atoms with Crippen molar-refractivity contribution in [2.24, 2.45) is 0 Å². The van der Waals surface area contributed by atoms with Crippen LogP contribution < -0.4 is 10.2 Å². The van der Waals surface area contributed by atoms with Crippen molar-refractivity contribution >= 4 is 28.8 Å². The molecule has 0 fully saturated rings. The molecule has 19 heavy (non-hydrogen) atoms. The normalized spacial score (nSPS) is 12.1. The first-order valence-electron chi connectivity index (χ1n) is 5.84. The minimum atomic E-state index is -0.287. The van der Waals surface area contributed by atoms with E-state index < -0.39 is 0 Å². The number of hydrogen-bond donors (Lipinski definition) is 2. The number of halogens is 1. The number of benzene rings is 1. The SMILES string of the molecule is CC[C@@H](NC(=O)c1csc(=O)[nH]1)c1cccc(Cl)c1. The van der Waals surface area contributed by atoms with Crippen LogP contribution >= 0.6 is 22.9 Å². The molecule has 1 amide bonds. The molecule has 0 bridgehead atoms. The Hall–Kier alpha value is -1.59. The maximum atomic E-state index is 12.0. The average Bonchev–Trinajstić information content (AvgIpc) is 2.82. The second kappa shape index (κ2) is 6.04. The zero-order valence-electron chi connectivity index (χ0n) is 10.3. The summed E-state index contributed by atoms with van der Waals surface area (Å²) >= 11 is 6.92. The van der Waals surface area contributed by atoms with Crippen molar-refractivity contribution in [3.05, 3.63) is 55.6 Å². The maximum absolute atomic E-state index is 12.0. The molecule has 0 spiro atoms. The highest BCUT2D eigenvalue weighted by atomic mass is 35.5. The Kier molecular flexibility index (Phi) is 4.39. The van der Waals surface area contributed by atoms with E-state index >= 15 is 0 Å². The molecule has 0 aliphatic rings. The Morgan fingerprint density at radius 3 is 2.89 bits per heavy atom. The third-order valence-electron chi connectivity index (χ3n) is 2.73. The Labute approximate surface area is 119 Å². The first kappa shape index (κ1) is 13.8. The van der Waals surface area contributed by atoms with Gasteiger partial charge in [-0.2, -0.15) is 0 Å². The van der Waals surface area contributed by atoms with Crippen LogP contribution in [0.2, 0.25) is 5.02 Å². The van der Waals surface area contributed by atoms with E-state index in [0.29, 0.717) is 5.02 Å². The second-order valence-electron chi connectivity index (χ2n) is 4.05. The Morgan fingerprint density at radius 2 is 2.32 bits per heavy atom.